The highest BCUT2D eigenvalue weighted by Crippen LogP contribution is 2.39. The molecule has 1 atom stereocenters. The topological polar surface area (TPSA) is 108 Å². The van der Waals surface area contributed by atoms with Gasteiger partial charge in [0.05, 0.1) is 22.1 Å². The van der Waals surface area contributed by atoms with E-state index >= 15 is 0 Å². The van der Waals surface area contributed by atoms with Gasteiger partial charge in [-0.15, -0.1) is 0 Å². The maximum Gasteiger partial charge on any atom is 0.324 e. The zero-order chi connectivity index (χ0) is 22.9. The van der Waals surface area contributed by atoms with E-state index in [1.807, 2.05) is 0 Å². The molecule has 8 nitrogen and oxygen atoms in total. The summed E-state index contributed by atoms with van der Waals surface area (Å²) in [6.45, 7) is -0.140. The van der Waals surface area contributed by atoms with E-state index in [4.69, 9.17) is 23.2 Å². The Hall–Kier alpha value is -2.98. The van der Waals surface area contributed by atoms with E-state index in [-0.39, 0.29) is 18.0 Å². The van der Waals surface area contributed by atoms with Crippen LogP contribution in [-0.2, 0) is 10.5 Å². The van der Waals surface area contributed by atoms with Crippen molar-refractivity contribution < 1.29 is 14.8 Å². The largest absolute Gasteiger partial charge is 0.376 e. The fourth-order valence-corrected chi connectivity index (χ4v) is 4.34. The van der Waals surface area contributed by atoms with Crippen molar-refractivity contribution in [3.8, 4) is 0 Å². The molecular weight excluding hydrogens is 475 g/mol. The van der Waals surface area contributed by atoms with Crippen LogP contribution >= 0.6 is 34.5 Å². The summed E-state index contributed by atoms with van der Waals surface area (Å²) in [5.41, 5.74) is -0.292. The quantitative estimate of drug-likeness (QED) is 0.378. The van der Waals surface area contributed by atoms with Crippen LogP contribution < -0.4 is 5.32 Å². The second-order valence-electron chi connectivity index (χ2n) is 7.01. The van der Waals surface area contributed by atoms with Gasteiger partial charge in [0.1, 0.15) is 0 Å². The molecule has 0 bridgehead atoms. The smallest absolute Gasteiger partial charge is 0.324 e. The van der Waals surface area contributed by atoms with Crippen LogP contribution in [0.5, 0.6) is 0 Å². The Labute approximate surface area is 196 Å². The molecule has 2 aromatic carbocycles. The molecule has 0 spiro atoms. The molecule has 1 aliphatic rings. The molecule has 2 N–H and O–H groups in total. The highest BCUT2D eigenvalue weighted by Gasteiger charge is 2.46. The van der Waals surface area contributed by atoms with Crippen LogP contribution in [-0.4, -0.2) is 33.2 Å². The lowest BCUT2D eigenvalue weighted by Crippen LogP contribution is -2.45. The average Bonchev–Trinajstić information content (AvgIpc) is 3.39. The third kappa shape index (κ3) is 4.46. The molecule has 0 fully saturated rings. The number of hydrazone groups is 1. The molecule has 0 radical (unpaired) electrons. The molecule has 11 heteroatoms. The van der Waals surface area contributed by atoms with E-state index < -0.39 is 16.6 Å². The number of aliphatic hydroxyl groups is 1. The molecule has 0 saturated heterocycles. The minimum atomic E-state index is -1.77. The number of hydrogen-bond acceptors (Lipinski definition) is 7. The van der Waals surface area contributed by atoms with Gasteiger partial charge in [0.25, 0.3) is 5.91 Å². The minimum absolute atomic E-state index is 0.0288. The van der Waals surface area contributed by atoms with Crippen molar-refractivity contribution in [3.63, 3.8) is 0 Å². The van der Waals surface area contributed by atoms with Crippen LogP contribution in [0.1, 0.15) is 16.9 Å². The van der Waals surface area contributed by atoms with Gasteiger partial charge < -0.3 is 10.4 Å². The van der Waals surface area contributed by atoms with Crippen molar-refractivity contribution in [2.24, 2.45) is 5.10 Å². The molecule has 0 saturated carbocycles. The number of nitro groups is 1. The van der Waals surface area contributed by atoms with Crippen molar-refractivity contribution >= 4 is 56.8 Å². The predicted octanol–water partition coefficient (Wildman–Crippen LogP) is 4.86. The monoisotopic (exact) mass is 490 g/mol. The Balaban J connectivity index is 1.63. The van der Waals surface area contributed by atoms with Gasteiger partial charge in [-0.25, -0.2) is 0 Å². The molecule has 164 valence electrons. The Kier molecular flexibility index (Phi) is 6.16. The Morgan fingerprint density at radius 1 is 1.12 bits per heavy atom. The molecule has 32 heavy (non-hydrogen) atoms. The summed E-state index contributed by atoms with van der Waals surface area (Å²) in [4.78, 5) is 24.1. The van der Waals surface area contributed by atoms with Crippen LogP contribution in [0.2, 0.25) is 10.0 Å². The SMILES string of the molecule is O=C(CNc1ccc(Cl)cc1)N1N=C(c2ccc([N+](=O)[O-])s2)CC1(O)c1ccc(Cl)cc1. The number of thiophene rings is 1. The summed E-state index contributed by atoms with van der Waals surface area (Å²) in [5.74, 6) is -0.488. The van der Waals surface area contributed by atoms with E-state index in [0.717, 1.165) is 16.3 Å². The second kappa shape index (κ2) is 8.87. The number of amides is 1. The predicted molar refractivity (Wildman–Crippen MR) is 124 cm³/mol. The van der Waals surface area contributed by atoms with Gasteiger partial charge in [-0.3, -0.25) is 14.9 Å². The van der Waals surface area contributed by atoms with Crippen LogP contribution in [0.3, 0.4) is 0 Å². The number of carbonyl (C=O) groups is 1. The number of nitrogens with zero attached hydrogens (tertiary/aromatic N) is 3. The zero-order valence-electron chi connectivity index (χ0n) is 16.4. The van der Waals surface area contributed by atoms with Crippen LogP contribution in [0.15, 0.2) is 65.8 Å². The molecule has 4 rings (SSSR count). The summed E-state index contributed by atoms with van der Waals surface area (Å²) in [7, 11) is 0. The lowest BCUT2D eigenvalue weighted by atomic mass is 9.97. The fraction of sp³-hybridized carbons (Fsp3) is 0.143. The summed E-state index contributed by atoms with van der Waals surface area (Å²) in [6.07, 6.45) is -0.0288. The first-order chi connectivity index (χ1) is 15.3. The number of rotatable bonds is 6. The van der Waals surface area contributed by atoms with Crippen LogP contribution in [0.4, 0.5) is 10.7 Å². The number of benzene rings is 2. The number of halogens is 2. The minimum Gasteiger partial charge on any atom is -0.376 e. The molecule has 1 aromatic heterocycles. The molecule has 2 heterocycles. The summed E-state index contributed by atoms with van der Waals surface area (Å²) >= 11 is 12.8. The number of hydrogen-bond donors (Lipinski definition) is 2. The second-order valence-corrected chi connectivity index (χ2v) is 8.94. The van der Waals surface area contributed by atoms with Gasteiger partial charge in [0.15, 0.2) is 5.72 Å². The first kappa shape index (κ1) is 22.2. The Morgan fingerprint density at radius 2 is 1.75 bits per heavy atom. The number of anilines is 1. The van der Waals surface area contributed by atoms with Crippen LogP contribution in [0, 0.1) is 10.1 Å². The van der Waals surface area contributed by atoms with Crippen LogP contribution in [0.25, 0.3) is 0 Å². The standard InChI is InChI=1S/C21H16Cl2N4O4S/c22-14-3-1-13(2-4-14)21(29)11-17(18-9-10-20(32-18)27(30)31)25-26(21)19(28)12-24-16-7-5-15(23)6-8-16/h1-10,24,29H,11-12H2. The Morgan fingerprint density at radius 3 is 2.34 bits per heavy atom. The first-order valence-corrected chi connectivity index (χ1v) is 11.0. The summed E-state index contributed by atoms with van der Waals surface area (Å²) in [5, 5.41) is 31.9. The maximum atomic E-state index is 13.1. The molecule has 1 unspecified atom stereocenters. The van der Waals surface area contributed by atoms with Gasteiger partial charge in [0, 0.05) is 33.8 Å². The summed E-state index contributed by atoms with van der Waals surface area (Å²) in [6, 6.07) is 16.2. The van der Waals surface area contributed by atoms with Crippen molar-refractivity contribution in [1.82, 2.24) is 5.01 Å². The van der Waals surface area contributed by atoms with Gasteiger partial charge in [-0.2, -0.15) is 10.1 Å². The van der Waals surface area contributed by atoms with Gasteiger partial charge >= 0.3 is 5.00 Å². The molecule has 3 aromatic rings. The lowest BCUT2D eigenvalue weighted by Gasteiger charge is -2.31. The third-order valence-corrected chi connectivity index (χ3v) is 6.46. The van der Waals surface area contributed by atoms with Crippen molar-refractivity contribution in [2.75, 3.05) is 11.9 Å². The van der Waals surface area contributed by atoms with Crippen molar-refractivity contribution in [3.05, 3.63) is 91.3 Å². The summed E-state index contributed by atoms with van der Waals surface area (Å²) < 4.78 is 0. The lowest BCUT2D eigenvalue weighted by molar-refractivity contribution is -0.380. The highest BCUT2D eigenvalue weighted by atomic mass is 35.5. The third-order valence-electron chi connectivity index (χ3n) is 4.87. The van der Waals surface area contributed by atoms with Crippen molar-refractivity contribution in [2.45, 2.75) is 12.1 Å². The van der Waals surface area contributed by atoms with Gasteiger partial charge in [0.2, 0.25) is 0 Å². The molecule has 1 amide bonds. The average molecular weight is 491 g/mol. The molecular formula is C21H16Cl2N4O4S. The highest BCUT2D eigenvalue weighted by molar-refractivity contribution is 7.17. The normalized spacial score (nSPS) is 17.8. The maximum absolute atomic E-state index is 13.1. The molecule has 1 aliphatic heterocycles. The van der Waals surface area contributed by atoms with Gasteiger partial charge in [-0.05, 0) is 42.5 Å². The van der Waals surface area contributed by atoms with E-state index in [0.29, 0.717) is 31.9 Å². The number of nitrogens with one attached hydrogen (secondary N) is 1. The van der Waals surface area contributed by atoms with Crippen molar-refractivity contribution in [1.29, 1.82) is 0 Å². The van der Waals surface area contributed by atoms with E-state index in [9.17, 15) is 20.0 Å². The first-order valence-electron chi connectivity index (χ1n) is 9.39. The van der Waals surface area contributed by atoms with E-state index in [1.54, 1.807) is 54.6 Å². The fourth-order valence-electron chi connectivity index (χ4n) is 3.29. The van der Waals surface area contributed by atoms with E-state index in [2.05, 4.69) is 10.4 Å². The number of carbonyl (C=O) groups excluding carboxylic acids is 1. The zero-order valence-corrected chi connectivity index (χ0v) is 18.7. The van der Waals surface area contributed by atoms with Gasteiger partial charge in [-0.1, -0.05) is 46.7 Å². The van der Waals surface area contributed by atoms with E-state index in [1.165, 1.54) is 6.07 Å². The molecule has 0 aliphatic carbocycles. The Bertz CT molecular complexity index is 1200.